The first-order chi connectivity index (χ1) is 12.9. The molecule has 2 rings (SSSR count). The lowest BCUT2D eigenvalue weighted by atomic mass is 10.1. The van der Waals surface area contributed by atoms with E-state index in [0.717, 1.165) is 0 Å². The van der Waals surface area contributed by atoms with Crippen LogP contribution in [-0.2, 0) is 4.79 Å². The predicted molar refractivity (Wildman–Crippen MR) is 106 cm³/mol. The van der Waals surface area contributed by atoms with E-state index in [0.29, 0.717) is 34.8 Å². The largest absolute Gasteiger partial charge is 0.352 e. The molecule has 3 amide bonds. The van der Waals surface area contributed by atoms with E-state index in [4.69, 9.17) is 11.6 Å². The summed E-state index contributed by atoms with van der Waals surface area (Å²) in [5.41, 5.74) is 1.42. The van der Waals surface area contributed by atoms with E-state index in [-0.39, 0.29) is 24.1 Å². The Bertz CT molecular complexity index is 822. The maximum Gasteiger partial charge on any atom is 0.254 e. The Kier molecular flexibility index (Phi) is 7.37. The van der Waals surface area contributed by atoms with Crippen LogP contribution in [0.4, 0.5) is 5.69 Å². The van der Waals surface area contributed by atoms with Crippen molar-refractivity contribution in [1.82, 2.24) is 10.2 Å². The number of carbonyl (C=O) groups is 3. The second-order valence-electron chi connectivity index (χ2n) is 6.17. The predicted octanol–water partition coefficient (Wildman–Crippen LogP) is 3.19. The van der Waals surface area contributed by atoms with Crippen molar-refractivity contribution in [1.29, 1.82) is 0 Å². The monoisotopic (exact) mass is 387 g/mol. The van der Waals surface area contributed by atoms with E-state index < -0.39 is 0 Å². The van der Waals surface area contributed by atoms with Crippen LogP contribution in [0.15, 0.2) is 48.5 Å². The van der Waals surface area contributed by atoms with Crippen molar-refractivity contribution < 1.29 is 14.4 Å². The van der Waals surface area contributed by atoms with Gasteiger partial charge in [0, 0.05) is 38.3 Å². The third-order valence-corrected chi connectivity index (χ3v) is 4.12. The molecule has 7 heteroatoms. The van der Waals surface area contributed by atoms with Crippen molar-refractivity contribution in [2.45, 2.75) is 12.8 Å². The van der Waals surface area contributed by atoms with Crippen LogP contribution < -0.4 is 10.6 Å². The van der Waals surface area contributed by atoms with Crippen molar-refractivity contribution in [3.8, 4) is 0 Å². The quantitative estimate of drug-likeness (QED) is 0.716. The summed E-state index contributed by atoms with van der Waals surface area (Å²) in [4.78, 5) is 37.5. The molecule has 0 radical (unpaired) electrons. The Hall–Kier alpha value is -2.86. The van der Waals surface area contributed by atoms with Crippen LogP contribution in [0.25, 0.3) is 0 Å². The van der Waals surface area contributed by atoms with Crippen molar-refractivity contribution in [3.05, 3.63) is 64.7 Å². The van der Waals surface area contributed by atoms with Crippen LogP contribution >= 0.6 is 11.6 Å². The Labute approximate surface area is 163 Å². The van der Waals surface area contributed by atoms with Gasteiger partial charge in [-0.05, 0) is 36.8 Å². The number of halogens is 1. The molecule has 0 atom stereocenters. The minimum atomic E-state index is -0.236. The van der Waals surface area contributed by atoms with Gasteiger partial charge in [0.1, 0.15) is 0 Å². The third kappa shape index (κ3) is 6.11. The second kappa shape index (κ2) is 9.73. The van der Waals surface area contributed by atoms with E-state index in [2.05, 4.69) is 10.6 Å². The van der Waals surface area contributed by atoms with Gasteiger partial charge in [-0.1, -0.05) is 29.8 Å². The lowest BCUT2D eigenvalue weighted by Gasteiger charge is -2.13. The molecule has 27 heavy (non-hydrogen) atoms. The van der Waals surface area contributed by atoms with Crippen LogP contribution in [0.5, 0.6) is 0 Å². The number of benzene rings is 2. The fourth-order valence-corrected chi connectivity index (χ4v) is 2.57. The maximum absolute atomic E-state index is 12.1. The average Bonchev–Trinajstić information content (AvgIpc) is 2.66. The summed E-state index contributed by atoms with van der Waals surface area (Å²) in [6.07, 6.45) is 0.746. The van der Waals surface area contributed by atoms with Crippen LogP contribution in [0, 0.1) is 0 Å². The molecule has 0 spiro atoms. The Morgan fingerprint density at radius 2 is 1.74 bits per heavy atom. The number of hydrogen-bond acceptors (Lipinski definition) is 3. The van der Waals surface area contributed by atoms with E-state index in [1.165, 1.54) is 4.90 Å². The van der Waals surface area contributed by atoms with Gasteiger partial charge in [0.05, 0.1) is 10.6 Å². The highest BCUT2D eigenvalue weighted by atomic mass is 35.5. The number of amides is 3. The molecule has 142 valence electrons. The molecule has 0 bridgehead atoms. The summed E-state index contributed by atoms with van der Waals surface area (Å²) in [5, 5.41) is 5.85. The molecular weight excluding hydrogens is 366 g/mol. The molecule has 0 aliphatic carbocycles. The lowest BCUT2D eigenvalue weighted by molar-refractivity contribution is -0.116. The average molecular weight is 388 g/mol. The molecule has 0 aliphatic rings. The Morgan fingerprint density at radius 3 is 2.41 bits per heavy atom. The number of nitrogens with one attached hydrogen (secondary N) is 2. The van der Waals surface area contributed by atoms with Crippen molar-refractivity contribution in [2.75, 3.05) is 26.0 Å². The van der Waals surface area contributed by atoms with Gasteiger partial charge in [0.25, 0.3) is 11.8 Å². The van der Waals surface area contributed by atoms with Crippen LogP contribution in [-0.4, -0.2) is 43.3 Å². The van der Waals surface area contributed by atoms with Crippen molar-refractivity contribution in [3.63, 3.8) is 0 Å². The smallest absolute Gasteiger partial charge is 0.254 e. The molecular formula is C20H22ClN3O3. The molecule has 0 fully saturated rings. The number of carbonyl (C=O) groups excluding carboxylic acids is 3. The van der Waals surface area contributed by atoms with Gasteiger partial charge < -0.3 is 15.5 Å². The van der Waals surface area contributed by atoms with Crippen molar-refractivity contribution in [2.24, 2.45) is 0 Å². The van der Waals surface area contributed by atoms with Gasteiger partial charge in [-0.25, -0.2) is 0 Å². The second-order valence-corrected chi connectivity index (χ2v) is 6.58. The van der Waals surface area contributed by atoms with E-state index >= 15 is 0 Å². The zero-order valence-corrected chi connectivity index (χ0v) is 16.0. The van der Waals surface area contributed by atoms with E-state index in [9.17, 15) is 14.4 Å². The van der Waals surface area contributed by atoms with Gasteiger partial charge in [-0.2, -0.15) is 0 Å². The van der Waals surface area contributed by atoms with Gasteiger partial charge >= 0.3 is 0 Å². The Balaban J connectivity index is 1.81. The molecule has 0 aromatic heterocycles. The highest BCUT2D eigenvalue weighted by Crippen LogP contribution is 2.22. The van der Waals surface area contributed by atoms with Crippen LogP contribution in [0.2, 0.25) is 5.02 Å². The van der Waals surface area contributed by atoms with Crippen molar-refractivity contribution >= 4 is 35.0 Å². The molecule has 2 aromatic rings. The molecule has 0 saturated heterocycles. The summed E-state index contributed by atoms with van der Waals surface area (Å²) < 4.78 is 0. The number of anilines is 1. The topological polar surface area (TPSA) is 78.5 Å². The first-order valence-electron chi connectivity index (χ1n) is 8.53. The highest BCUT2D eigenvalue weighted by molar-refractivity contribution is 6.34. The Morgan fingerprint density at radius 1 is 1.04 bits per heavy atom. The molecule has 2 aromatic carbocycles. The standard InChI is InChI=1S/C20H22ClN3O3/c1-24(2)20(27)16-13-15(10-11-17(16)21)23-18(25)9-6-12-22-19(26)14-7-4-3-5-8-14/h3-5,7-8,10-11,13H,6,9,12H2,1-2H3,(H,22,26)(H,23,25). The first-order valence-corrected chi connectivity index (χ1v) is 8.90. The molecule has 0 unspecified atom stereocenters. The van der Waals surface area contributed by atoms with Crippen LogP contribution in [0.3, 0.4) is 0 Å². The molecule has 6 nitrogen and oxygen atoms in total. The normalized spacial score (nSPS) is 10.2. The van der Waals surface area contributed by atoms with Crippen LogP contribution in [0.1, 0.15) is 33.6 Å². The lowest BCUT2D eigenvalue weighted by Crippen LogP contribution is -2.25. The molecule has 2 N–H and O–H groups in total. The fourth-order valence-electron chi connectivity index (χ4n) is 2.37. The number of hydrogen-bond donors (Lipinski definition) is 2. The highest BCUT2D eigenvalue weighted by Gasteiger charge is 2.14. The summed E-state index contributed by atoms with van der Waals surface area (Å²) in [5.74, 6) is -0.602. The minimum Gasteiger partial charge on any atom is -0.352 e. The number of rotatable bonds is 7. The van der Waals surface area contributed by atoms with Gasteiger partial charge in [-0.3, -0.25) is 14.4 Å². The van der Waals surface area contributed by atoms with E-state index in [1.807, 2.05) is 6.07 Å². The summed E-state index contributed by atoms with van der Waals surface area (Å²) in [7, 11) is 3.27. The first kappa shape index (κ1) is 20.5. The van der Waals surface area contributed by atoms with Gasteiger partial charge in [-0.15, -0.1) is 0 Å². The number of nitrogens with zero attached hydrogens (tertiary/aromatic N) is 1. The van der Waals surface area contributed by atoms with Gasteiger partial charge in [0.2, 0.25) is 5.91 Å². The zero-order chi connectivity index (χ0) is 19.8. The zero-order valence-electron chi connectivity index (χ0n) is 15.3. The van der Waals surface area contributed by atoms with Gasteiger partial charge in [0.15, 0.2) is 0 Å². The molecule has 0 heterocycles. The summed E-state index contributed by atoms with van der Waals surface area (Å²) in [6, 6.07) is 13.7. The van der Waals surface area contributed by atoms with E-state index in [1.54, 1.807) is 56.6 Å². The SMILES string of the molecule is CN(C)C(=O)c1cc(NC(=O)CCCNC(=O)c2ccccc2)ccc1Cl. The third-order valence-electron chi connectivity index (χ3n) is 3.79. The minimum absolute atomic E-state index is 0.166. The summed E-state index contributed by atoms with van der Waals surface area (Å²) >= 11 is 6.05. The maximum atomic E-state index is 12.1. The fraction of sp³-hybridized carbons (Fsp3) is 0.250. The molecule has 0 saturated carbocycles. The molecule has 0 aliphatic heterocycles. The summed E-state index contributed by atoms with van der Waals surface area (Å²) in [6.45, 7) is 0.395.